The summed E-state index contributed by atoms with van der Waals surface area (Å²) in [5.74, 6) is 1.36. The van der Waals surface area contributed by atoms with E-state index in [0.717, 1.165) is 59.3 Å². The molecule has 34 heavy (non-hydrogen) atoms. The molecule has 9 heteroatoms. The second kappa shape index (κ2) is 9.15. The fourth-order valence-electron chi connectivity index (χ4n) is 4.53. The highest BCUT2D eigenvalue weighted by Gasteiger charge is 2.16. The molecule has 5 aromatic rings. The van der Waals surface area contributed by atoms with E-state index >= 15 is 0 Å². The molecule has 0 N–H and O–H groups in total. The molecule has 1 aliphatic heterocycles. The third-order valence-electron chi connectivity index (χ3n) is 6.27. The lowest BCUT2D eigenvalue weighted by Crippen LogP contribution is -2.31. The second-order valence-corrected chi connectivity index (χ2v) is 9.57. The van der Waals surface area contributed by atoms with E-state index in [9.17, 15) is 4.79 Å². The Morgan fingerprint density at radius 1 is 0.941 bits per heavy atom. The molecule has 1 saturated heterocycles. The molecule has 172 valence electrons. The predicted octanol–water partition coefficient (Wildman–Crippen LogP) is 3.61. The van der Waals surface area contributed by atoms with Gasteiger partial charge in [0.25, 0.3) is 5.56 Å². The second-order valence-electron chi connectivity index (χ2n) is 8.63. The van der Waals surface area contributed by atoms with E-state index in [2.05, 4.69) is 9.88 Å². The van der Waals surface area contributed by atoms with Crippen molar-refractivity contribution in [2.75, 3.05) is 19.6 Å². The molecule has 0 spiro atoms. The molecule has 8 nitrogen and oxygen atoms in total. The van der Waals surface area contributed by atoms with Crippen LogP contribution in [0.5, 0.6) is 0 Å². The molecule has 0 unspecified atom stereocenters. The Labute approximate surface area is 200 Å². The number of piperidine rings is 1. The maximum Gasteiger partial charge on any atom is 0.258 e. The number of hydrogen-bond donors (Lipinski definition) is 0. The number of aromatic nitrogens is 6. The third-order valence-corrected chi connectivity index (χ3v) is 7.23. The van der Waals surface area contributed by atoms with Gasteiger partial charge in [-0.05, 0) is 50.2 Å². The summed E-state index contributed by atoms with van der Waals surface area (Å²) in [7, 11) is 0. The molecule has 0 bridgehead atoms. The van der Waals surface area contributed by atoms with Crippen LogP contribution in [0.15, 0.2) is 64.7 Å². The summed E-state index contributed by atoms with van der Waals surface area (Å²) in [5.41, 5.74) is 2.99. The van der Waals surface area contributed by atoms with E-state index in [0.29, 0.717) is 11.4 Å². The highest BCUT2D eigenvalue weighted by molar-refractivity contribution is 7.98. The van der Waals surface area contributed by atoms with E-state index in [1.807, 2.05) is 47.0 Å². The Hall–Kier alpha value is -3.30. The number of fused-ring (bicyclic) bond motifs is 4. The van der Waals surface area contributed by atoms with Gasteiger partial charge in [-0.15, -0.1) is 5.10 Å². The topological polar surface area (TPSA) is 80.7 Å². The van der Waals surface area contributed by atoms with Gasteiger partial charge in [0.15, 0.2) is 16.6 Å². The summed E-state index contributed by atoms with van der Waals surface area (Å²) < 4.78 is 3.40. The number of benzene rings is 1. The molecule has 0 aliphatic carbocycles. The van der Waals surface area contributed by atoms with Crippen LogP contribution in [0, 0.1) is 0 Å². The summed E-state index contributed by atoms with van der Waals surface area (Å²) in [4.78, 5) is 29.4. The number of thioether (sulfide) groups is 1. The van der Waals surface area contributed by atoms with Crippen molar-refractivity contribution < 1.29 is 0 Å². The Morgan fingerprint density at radius 2 is 1.79 bits per heavy atom. The third kappa shape index (κ3) is 4.17. The number of para-hydroxylation sites is 1. The molecule has 0 radical (unpaired) electrons. The molecular formula is C25H25N7OS. The molecule has 1 aromatic carbocycles. The van der Waals surface area contributed by atoms with Crippen LogP contribution in [0.2, 0.25) is 0 Å². The average molecular weight is 472 g/mol. The van der Waals surface area contributed by atoms with Gasteiger partial charge in [0.2, 0.25) is 0 Å². The Bertz CT molecular complexity index is 1540. The Morgan fingerprint density at radius 3 is 2.71 bits per heavy atom. The molecule has 6 rings (SSSR count). The first kappa shape index (κ1) is 21.2. The van der Waals surface area contributed by atoms with Gasteiger partial charge in [-0.25, -0.2) is 15.0 Å². The summed E-state index contributed by atoms with van der Waals surface area (Å²) in [6.07, 6.45) is 6.45. The van der Waals surface area contributed by atoms with Crippen LogP contribution in [0.4, 0.5) is 0 Å². The molecule has 5 heterocycles. The van der Waals surface area contributed by atoms with Gasteiger partial charge >= 0.3 is 0 Å². The summed E-state index contributed by atoms with van der Waals surface area (Å²) >= 11 is 1.52. The lowest BCUT2D eigenvalue weighted by molar-refractivity contribution is 0.230. The van der Waals surface area contributed by atoms with E-state index in [1.165, 1.54) is 31.0 Å². The first-order valence-electron chi connectivity index (χ1n) is 11.7. The van der Waals surface area contributed by atoms with Gasteiger partial charge in [-0.3, -0.25) is 9.20 Å². The molecular weight excluding hydrogens is 446 g/mol. The first-order chi connectivity index (χ1) is 16.7. The lowest BCUT2D eigenvalue weighted by atomic mass is 10.1. The van der Waals surface area contributed by atoms with Crippen LogP contribution in [0.3, 0.4) is 0 Å². The van der Waals surface area contributed by atoms with E-state index in [1.54, 1.807) is 16.7 Å². The summed E-state index contributed by atoms with van der Waals surface area (Å²) in [6.45, 7) is 3.31. The number of nitrogens with zero attached hydrogens (tertiary/aromatic N) is 7. The van der Waals surface area contributed by atoms with Gasteiger partial charge < -0.3 is 4.90 Å². The van der Waals surface area contributed by atoms with E-state index in [4.69, 9.17) is 15.1 Å². The van der Waals surface area contributed by atoms with Crippen molar-refractivity contribution in [2.45, 2.75) is 36.6 Å². The maximum atomic E-state index is 12.5. The zero-order chi connectivity index (χ0) is 22.9. The van der Waals surface area contributed by atoms with Crippen LogP contribution < -0.4 is 5.56 Å². The molecule has 0 atom stereocenters. The minimum atomic E-state index is -0.0847. The summed E-state index contributed by atoms with van der Waals surface area (Å²) in [5, 5.41) is 6.58. The van der Waals surface area contributed by atoms with Gasteiger partial charge in [0, 0.05) is 36.4 Å². The number of rotatable bonds is 6. The highest BCUT2D eigenvalue weighted by atomic mass is 32.2. The fourth-order valence-corrected chi connectivity index (χ4v) is 5.37. The van der Waals surface area contributed by atoms with E-state index < -0.39 is 0 Å². The number of hydrogen-bond acceptors (Lipinski definition) is 7. The number of pyridine rings is 1. The lowest BCUT2D eigenvalue weighted by Gasteiger charge is -2.25. The van der Waals surface area contributed by atoms with Crippen molar-refractivity contribution in [1.82, 2.24) is 33.9 Å². The largest absolute Gasteiger partial charge is 0.303 e. The smallest absolute Gasteiger partial charge is 0.258 e. The zero-order valence-electron chi connectivity index (χ0n) is 18.8. The Balaban J connectivity index is 1.32. The standard InChI is InChI=1S/C25H25N7OS/c33-23-16-18(26-22-10-4-7-14-31(22)23)17-34-25-27-20-9-3-2-8-19(20)24-28-21(29-32(24)25)11-15-30-12-5-1-6-13-30/h2-4,7-10,14,16H,1,5-6,11-13,15,17H2. The van der Waals surface area contributed by atoms with Gasteiger partial charge in [0.1, 0.15) is 5.65 Å². The monoisotopic (exact) mass is 471 g/mol. The van der Waals surface area contributed by atoms with Crippen molar-refractivity contribution in [3.63, 3.8) is 0 Å². The molecule has 0 amide bonds. The fraction of sp³-hybridized carbons (Fsp3) is 0.320. The van der Waals surface area contributed by atoms with Gasteiger partial charge in [-0.1, -0.05) is 36.4 Å². The SMILES string of the molecule is O=c1cc(CSc2nc3ccccc3c3nc(CCN4CCCCC4)nn23)nc2ccccn12. The Kier molecular flexibility index (Phi) is 5.72. The first-order valence-corrected chi connectivity index (χ1v) is 12.7. The van der Waals surface area contributed by atoms with Crippen LogP contribution in [0.25, 0.3) is 22.2 Å². The van der Waals surface area contributed by atoms with Gasteiger partial charge in [0.05, 0.1) is 11.2 Å². The van der Waals surface area contributed by atoms with Crippen molar-refractivity contribution in [3.05, 3.63) is 76.6 Å². The van der Waals surface area contributed by atoms with Crippen molar-refractivity contribution in [2.24, 2.45) is 0 Å². The predicted molar refractivity (Wildman–Crippen MR) is 133 cm³/mol. The molecule has 1 fully saturated rings. The maximum absolute atomic E-state index is 12.5. The van der Waals surface area contributed by atoms with Crippen molar-refractivity contribution >= 4 is 34.0 Å². The molecule has 1 aliphatic rings. The van der Waals surface area contributed by atoms with E-state index in [-0.39, 0.29) is 5.56 Å². The highest BCUT2D eigenvalue weighted by Crippen LogP contribution is 2.26. The van der Waals surface area contributed by atoms with Crippen LogP contribution in [-0.2, 0) is 12.2 Å². The van der Waals surface area contributed by atoms with Crippen LogP contribution >= 0.6 is 11.8 Å². The average Bonchev–Trinajstić information content (AvgIpc) is 3.32. The van der Waals surface area contributed by atoms with Crippen molar-refractivity contribution in [3.8, 4) is 0 Å². The molecule has 0 saturated carbocycles. The summed E-state index contributed by atoms with van der Waals surface area (Å²) in [6, 6.07) is 15.2. The minimum Gasteiger partial charge on any atom is -0.303 e. The quantitative estimate of drug-likeness (QED) is 0.276. The van der Waals surface area contributed by atoms with Crippen LogP contribution in [-0.4, -0.2) is 53.5 Å². The minimum absolute atomic E-state index is 0.0847. The normalized spacial score (nSPS) is 14.9. The molecule has 4 aromatic heterocycles. The van der Waals surface area contributed by atoms with Gasteiger partial charge in [-0.2, -0.15) is 4.52 Å². The van der Waals surface area contributed by atoms with Crippen molar-refractivity contribution in [1.29, 1.82) is 0 Å². The number of likely N-dealkylation sites (tertiary alicyclic amines) is 1. The van der Waals surface area contributed by atoms with Crippen LogP contribution in [0.1, 0.15) is 30.8 Å². The zero-order valence-corrected chi connectivity index (χ0v) is 19.6.